The molecule has 1 aliphatic heterocycles. The first-order chi connectivity index (χ1) is 9.94. The van der Waals surface area contributed by atoms with Gasteiger partial charge in [0.15, 0.2) is 6.20 Å². The Bertz CT molecular complexity index is 673. The molecule has 0 radical (unpaired) electrons. The molecule has 0 N–H and O–H groups in total. The fraction of sp³-hybridized carbons (Fsp3) is 0.312. The van der Waals surface area contributed by atoms with Crippen LogP contribution in [0.2, 0.25) is 0 Å². The van der Waals surface area contributed by atoms with Crippen LogP contribution in [-0.2, 0) is 6.54 Å². The van der Waals surface area contributed by atoms with E-state index < -0.39 is 0 Å². The largest absolute Gasteiger partial charge is 0.618 e. The van der Waals surface area contributed by atoms with Gasteiger partial charge in [-0.2, -0.15) is 4.73 Å². The highest BCUT2D eigenvalue weighted by Gasteiger charge is 2.32. The zero-order chi connectivity index (χ0) is 15.0. The van der Waals surface area contributed by atoms with Gasteiger partial charge in [-0.1, -0.05) is 15.9 Å². The molecule has 0 amide bonds. The quantitative estimate of drug-likeness (QED) is 0.617. The SMILES string of the molecule is CC1(C)CN(Cc2cccc[n+]2[O-])c2cc(Br)ccc2O1. The van der Waals surface area contributed by atoms with E-state index in [-0.39, 0.29) is 5.60 Å². The Hall–Kier alpha value is -1.75. The van der Waals surface area contributed by atoms with Crippen LogP contribution in [0.1, 0.15) is 19.5 Å². The van der Waals surface area contributed by atoms with Gasteiger partial charge in [0.05, 0.1) is 12.2 Å². The molecule has 0 saturated heterocycles. The number of benzene rings is 1. The second kappa shape index (κ2) is 5.22. The lowest BCUT2D eigenvalue weighted by Crippen LogP contribution is -2.48. The lowest BCUT2D eigenvalue weighted by molar-refractivity contribution is -0.614. The fourth-order valence-corrected chi connectivity index (χ4v) is 2.97. The van der Waals surface area contributed by atoms with Crippen molar-refractivity contribution in [2.75, 3.05) is 11.4 Å². The molecule has 110 valence electrons. The number of ether oxygens (including phenoxy) is 1. The third-order valence-electron chi connectivity index (χ3n) is 3.48. The molecule has 5 heteroatoms. The summed E-state index contributed by atoms with van der Waals surface area (Å²) in [7, 11) is 0. The number of hydrogen-bond donors (Lipinski definition) is 0. The number of aromatic nitrogens is 1. The molecular weight excluding hydrogens is 332 g/mol. The van der Waals surface area contributed by atoms with Crippen molar-refractivity contribution in [3.05, 3.63) is 58.0 Å². The number of hydrogen-bond acceptors (Lipinski definition) is 3. The van der Waals surface area contributed by atoms with Crippen LogP contribution in [0.25, 0.3) is 0 Å². The van der Waals surface area contributed by atoms with E-state index >= 15 is 0 Å². The highest BCUT2D eigenvalue weighted by molar-refractivity contribution is 9.10. The van der Waals surface area contributed by atoms with Gasteiger partial charge in [0.25, 0.3) is 0 Å². The van der Waals surface area contributed by atoms with Crippen LogP contribution in [0.5, 0.6) is 5.75 Å². The monoisotopic (exact) mass is 348 g/mol. The van der Waals surface area contributed by atoms with Crippen molar-refractivity contribution in [3.63, 3.8) is 0 Å². The summed E-state index contributed by atoms with van der Waals surface area (Å²) in [6.45, 7) is 5.40. The van der Waals surface area contributed by atoms with E-state index in [1.165, 1.54) is 6.20 Å². The summed E-state index contributed by atoms with van der Waals surface area (Å²) in [4.78, 5) is 2.19. The summed E-state index contributed by atoms with van der Waals surface area (Å²) >= 11 is 3.50. The molecule has 0 bridgehead atoms. The molecule has 0 unspecified atom stereocenters. The highest BCUT2D eigenvalue weighted by Crippen LogP contribution is 2.39. The van der Waals surface area contributed by atoms with Crippen LogP contribution >= 0.6 is 15.9 Å². The summed E-state index contributed by atoms with van der Waals surface area (Å²) < 4.78 is 7.94. The molecule has 3 rings (SSSR count). The first-order valence-electron chi connectivity index (χ1n) is 6.85. The molecule has 21 heavy (non-hydrogen) atoms. The molecule has 0 saturated carbocycles. The number of nitrogens with zero attached hydrogens (tertiary/aromatic N) is 2. The minimum absolute atomic E-state index is 0.288. The molecule has 2 heterocycles. The molecule has 4 nitrogen and oxygen atoms in total. The minimum atomic E-state index is -0.288. The van der Waals surface area contributed by atoms with E-state index in [4.69, 9.17) is 4.74 Å². The Morgan fingerprint density at radius 2 is 2.14 bits per heavy atom. The third-order valence-corrected chi connectivity index (χ3v) is 3.97. The normalized spacial score (nSPS) is 16.2. The Morgan fingerprint density at radius 1 is 1.33 bits per heavy atom. The van der Waals surface area contributed by atoms with Gasteiger partial charge in [-0.3, -0.25) is 0 Å². The van der Waals surface area contributed by atoms with Gasteiger partial charge in [-0.05, 0) is 38.1 Å². The maximum atomic E-state index is 11.9. The maximum Gasteiger partial charge on any atom is 0.212 e. The third kappa shape index (κ3) is 2.97. The number of rotatable bonds is 2. The molecule has 0 spiro atoms. The van der Waals surface area contributed by atoms with E-state index in [1.54, 1.807) is 6.07 Å². The minimum Gasteiger partial charge on any atom is -0.618 e. The van der Waals surface area contributed by atoms with Gasteiger partial charge < -0.3 is 14.8 Å². The van der Waals surface area contributed by atoms with Gasteiger partial charge in [-0.25, -0.2) is 0 Å². The topological polar surface area (TPSA) is 39.4 Å². The van der Waals surface area contributed by atoms with Crippen LogP contribution in [-0.4, -0.2) is 12.1 Å². The highest BCUT2D eigenvalue weighted by atomic mass is 79.9. The number of pyridine rings is 1. The van der Waals surface area contributed by atoms with Crippen LogP contribution in [0.3, 0.4) is 0 Å². The zero-order valence-corrected chi connectivity index (χ0v) is 13.6. The van der Waals surface area contributed by atoms with Crippen molar-refractivity contribution >= 4 is 21.6 Å². The number of halogens is 1. The second-order valence-electron chi connectivity index (χ2n) is 5.85. The average Bonchev–Trinajstić information content (AvgIpc) is 2.41. The molecule has 1 aromatic heterocycles. The standard InChI is InChI=1S/C16H17BrN2O2/c1-16(2)11-18(10-13-5-3-4-8-19(13)20)14-9-12(17)6-7-15(14)21-16/h3-9H,10-11H2,1-2H3. The molecule has 0 fully saturated rings. The Balaban J connectivity index is 1.98. The molecule has 0 aliphatic carbocycles. The average molecular weight is 349 g/mol. The van der Waals surface area contributed by atoms with Gasteiger partial charge in [0.2, 0.25) is 5.69 Å². The van der Waals surface area contributed by atoms with Crippen LogP contribution < -0.4 is 14.4 Å². The molecule has 1 aromatic carbocycles. The zero-order valence-electron chi connectivity index (χ0n) is 12.0. The van der Waals surface area contributed by atoms with Crippen LogP contribution in [0, 0.1) is 5.21 Å². The lowest BCUT2D eigenvalue weighted by Gasteiger charge is -2.40. The molecule has 1 aliphatic rings. The van der Waals surface area contributed by atoms with Crippen molar-refractivity contribution in [3.8, 4) is 5.75 Å². The molecule has 0 atom stereocenters. The van der Waals surface area contributed by atoms with Gasteiger partial charge in [0.1, 0.15) is 17.9 Å². The van der Waals surface area contributed by atoms with Crippen LogP contribution in [0.15, 0.2) is 47.1 Å². The summed E-state index contributed by atoms with van der Waals surface area (Å²) in [5.41, 5.74) is 1.44. The second-order valence-corrected chi connectivity index (χ2v) is 6.76. The first kappa shape index (κ1) is 14.2. The summed E-state index contributed by atoms with van der Waals surface area (Å²) in [6.07, 6.45) is 1.53. The van der Waals surface area contributed by atoms with Crippen molar-refractivity contribution in [1.82, 2.24) is 0 Å². The van der Waals surface area contributed by atoms with Crippen molar-refractivity contribution in [2.45, 2.75) is 26.0 Å². The number of fused-ring (bicyclic) bond motifs is 1. The Labute approximate surface area is 132 Å². The first-order valence-corrected chi connectivity index (χ1v) is 7.64. The van der Waals surface area contributed by atoms with Gasteiger partial charge >= 0.3 is 0 Å². The van der Waals surface area contributed by atoms with E-state index in [2.05, 4.69) is 34.7 Å². The van der Waals surface area contributed by atoms with Crippen molar-refractivity contribution < 1.29 is 9.47 Å². The van der Waals surface area contributed by atoms with E-state index in [0.29, 0.717) is 6.54 Å². The van der Waals surface area contributed by atoms with E-state index in [0.717, 1.165) is 32.9 Å². The Morgan fingerprint density at radius 3 is 2.90 bits per heavy atom. The van der Waals surface area contributed by atoms with Crippen LogP contribution in [0.4, 0.5) is 5.69 Å². The summed E-state index contributed by atoms with van der Waals surface area (Å²) in [6, 6.07) is 11.4. The predicted molar refractivity (Wildman–Crippen MR) is 85.3 cm³/mol. The number of anilines is 1. The smallest absolute Gasteiger partial charge is 0.212 e. The van der Waals surface area contributed by atoms with E-state index in [9.17, 15) is 5.21 Å². The van der Waals surface area contributed by atoms with Gasteiger partial charge in [-0.15, -0.1) is 0 Å². The fourth-order valence-electron chi connectivity index (χ4n) is 2.62. The summed E-state index contributed by atoms with van der Waals surface area (Å²) in [5, 5.41) is 11.9. The van der Waals surface area contributed by atoms with E-state index in [1.807, 2.05) is 30.3 Å². The van der Waals surface area contributed by atoms with Crippen molar-refractivity contribution in [2.24, 2.45) is 0 Å². The molecule has 2 aromatic rings. The summed E-state index contributed by atoms with van der Waals surface area (Å²) in [5.74, 6) is 0.850. The Kier molecular flexibility index (Phi) is 3.53. The lowest BCUT2D eigenvalue weighted by atomic mass is 10.0. The molecular formula is C16H17BrN2O2. The van der Waals surface area contributed by atoms with Gasteiger partial charge in [0, 0.05) is 16.6 Å². The maximum absolute atomic E-state index is 11.9. The predicted octanol–water partition coefficient (Wildman–Crippen LogP) is 3.26. The van der Waals surface area contributed by atoms with Crippen molar-refractivity contribution in [1.29, 1.82) is 0 Å².